The van der Waals surface area contributed by atoms with Gasteiger partial charge in [0, 0.05) is 38.2 Å². The summed E-state index contributed by atoms with van der Waals surface area (Å²) in [5.41, 5.74) is 2.28. The monoisotopic (exact) mass is 644 g/mol. The molecule has 1 aliphatic heterocycles. The van der Waals surface area contributed by atoms with E-state index in [1.54, 1.807) is 40.7 Å². The molecule has 0 amide bonds. The number of carboxylic acids is 1. The Kier molecular flexibility index (Phi) is 8.27. The SMILES string of the molecule is CCCCC1Cc2ccc(C(F)(F)F)cc2S(O)(O)N(Cc2cccc(-n3ncc(C(=O)O)c3[C@@H]3C[C@H]3c3cn(C)nn3)c2)C1. The number of hydrogen-bond donors (Lipinski definition) is 3. The van der Waals surface area contributed by atoms with E-state index in [2.05, 4.69) is 22.3 Å². The van der Waals surface area contributed by atoms with Crippen molar-refractivity contribution in [1.82, 2.24) is 29.1 Å². The lowest BCUT2D eigenvalue weighted by Crippen LogP contribution is -2.31. The van der Waals surface area contributed by atoms with Gasteiger partial charge < -0.3 is 5.11 Å². The molecule has 240 valence electrons. The van der Waals surface area contributed by atoms with Crippen LogP contribution in [0.5, 0.6) is 0 Å². The van der Waals surface area contributed by atoms with Gasteiger partial charge in [0.2, 0.25) is 0 Å². The Balaban J connectivity index is 1.34. The molecule has 2 aromatic carbocycles. The largest absolute Gasteiger partial charge is 0.478 e. The van der Waals surface area contributed by atoms with Crippen molar-refractivity contribution in [2.45, 2.75) is 68.5 Å². The number of carboxylic acid groups (broad SMARTS) is 1. The normalized spacial score (nSPS) is 22.1. The van der Waals surface area contributed by atoms with Crippen molar-refractivity contribution in [3.05, 3.63) is 88.5 Å². The van der Waals surface area contributed by atoms with Crippen molar-refractivity contribution in [3.63, 3.8) is 0 Å². The van der Waals surface area contributed by atoms with E-state index < -0.39 is 28.5 Å². The molecule has 1 saturated carbocycles. The lowest BCUT2D eigenvalue weighted by molar-refractivity contribution is -0.137. The molecule has 1 unspecified atom stereocenters. The van der Waals surface area contributed by atoms with Gasteiger partial charge in [0.1, 0.15) is 5.56 Å². The number of hydrogen-bond acceptors (Lipinski definition) is 7. The minimum absolute atomic E-state index is 0.00207. The average Bonchev–Trinajstić information content (AvgIpc) is 3.46. The summed E-state index contributed by atoms with van der Waals surface area (Å²) in [6.45, 7) is 2.41. The Bertz CT molecular complexity index is 1720. The number of benzene rings is 2. The molecule has 3 N–H and O–H groups in total. The van der Waals surface area contributed by atoms with Gasteiger partial charge in [0.25, 0.3) is 0 Å². The minimum atomic E-state index is -4.62. The molecule has 1 fully saturated rings. The highest BCUT2D eigenvalue weighted by Gasteiger charge is 2.46. The van der Waals surface area contributed by atoms with E-state index in [4.69, 9.17) is 0 Å². The maximum atomic E-state index is 13.7. The molecule has 6 rings (SSSR count). The molecule has 3 heterocycles. The second kappa shape index (κ2) is 11.9. The van der Waals surface area contributed by atoms with Crippen molar-refractivity contribution in [2.75, 3.05) is 6.54 Å². The molecule has 10 nitrogen and oxygen atoms in total. The van der Waals surface area contributed by atoms with Crippen LogP contribution in [-0.2, 0) is 26.2 Å². The number of fused-ring (bicyclic) bond motifs is 1. The number of rotatable bonds is 9. The minimum Gasteiger partial charge on any atom is -0.478 e. The third kappa shape index (κ3) is 6.24. The highest BCUT2D eigenvalue weighted by Crippen LogP contribution is 2.57. The first-order chi connectivity index (χ1) is 21.4. The van der Waals surface area contributed by atoms with Crippen LogP contribution in [0.3, 0.4) is 0 Å². The van der Waals surface area contributed by atoms with E-state index in [1.807, 2.05) is 6.20 Å². The van der Waals surface area contributed by atoms with Crippen LogP contribution in [0.15, 0.2) is 59.8 Å². The van der Waals surface area contributed by atoms with Crippen LogP contribution >= 0.6 is 10.8 Å². The first kappa shape index (κ1) is 31.3. The quantitative estimate of drug-likeness (QED) is 0.180. The zero-order valence-corrected chi connectivity index (χ0v) is 25.7. The summed E-state index contributed by atoms with van der Waals surface area (Å²) in [7, 11) is -2.00. The van der Waals surface area contributed by atoms with Crippen molar-refractivity contribution in [3.8, 4) is 5.69 Å². The van der Waals surface area contributed by atoms with Crippen molar-refractivity contribution >= 4 is 16.7 Å². The molecule has 14 heteroatoms. The molecule has 4 aromatic rings. The van der Waals surface area contributed by atoms with Crippen LogP contribution in [0, 0.1) is 5.92 Å². The maximum Gasteiger partial charge on any atom is 0.416 e. The Morgan fingerprint density at radius 3 is 2.62 bits per heavy atom. The number of nitrogens with zero attached hydrogens (tertiary/aromatic N) is 6. The average molecular weight is 645 g/mol. The number of carbonyl (C=O) groups is 1. The van der Waals surface area contributed by atoms with Crippen LogP contribution in [0.4, 0.5) is 13.2 Å². The van der Waals surface area contributed by atoms with Gasteiger partial charge >= 0.3 is 12.1 Å². The standard InChI is InChI=1S/C31H35F3N6O4S/c1-3-4-6-19-11-21-9-10-22(31(32,33)34)13-28(21)45(43,44)39(16-19)17-20-7-5-8-23(12-20)40-29(26(15-35-40)30(41)42)25-14-24(25)27-18-38(2)37-36-27/h5,7-10,12-13,15,18-19,24-25,43-44H,3-4,6,11,14,16-17H2,1-2H3,(H,41,42)/t19?,24-,25-/m1/s1. The molecule has 2 aromatic heterocycles. The summed E-state index contributed by atoms with van der Waals surface area (Å²) in [6, 6.07) is 10.4. The fourth-order valence-electron chi connectivity index (χ4n) is 6.34. The van der Waals surface area contributed by atoms with Gasteiger partial charge in [-0.15, -0.1) is 15.9 Å². The number of aromatic nitrogens is 5. The second-order valence-electron chi connectivity index (χ2n) is 12.0. The zero-order valence-electron chi connectivity index (χ0n) is 24.9. The molecule has 0 bridgehead atoms. The lowest BCUT2D eigenvalue weighted by Gasteiger charge is -2.43. The Hall–Kier alpha value is -3.72. The second-order valence-corrected chi connectivity index (χ2v) is 14.0. The molecule has 0 saturated heterocycles. The number of aromatic carboxylic acids is 1. The lowest BCUT2D eigenvalue weighted by atomic mass is 9.93. The smallest absolute Gasteiger partial charge is 0.416 e. The number of halogens is 3. The third-order valence-corrected chi connectivity index (χ3v) is 10.6. The summed E-state index contributed by atoms with van der Waals surface area (Å²) < 4.78 is 68.8. The van der Waals surface area contributed by atoms with Gasteiger partial charge in [0.15, 0.2) is 0 Å². The van der Waals surface area contributed by atoms with E-state index in [9.17, 15) is 32.2 Å². The van der Waals surface area contributed by atoms with Crippen molar-refractivity contribution < 1.29 is 32.2 Å². The molecule has 0 radical (unpaired) electrons. The van der Waals surface area contributed by atoms with Gasteiger partial charge in [-0.05, 0) is 60.6 Å². The fraction of sp³-hybridized carbons (Fsp3) is 0.419. The van der Waals surface area contributed by atoms with E-state index in [0.717, 1.165) is 37.1 Å². The Labute approximate surface area is 260 Å². The maximum absolute atomic E-state index is 13.7. The van der Waals surface area contributed by atoms with Gasteiger partial charge in [0.05, 0.1) is 33.7 Å². The number of alkyl halides is 3. The topological polar surface area (TPSA) is 130 Å². The van der Waals surface area contributed by atoms with Gasteiger partial charge in [-0.3, -0.25) is 13.8 Å². The molecule has 3 atom stereocenters. The molecule has 0 spiro atoms. The predicted molar refractivity (Wildman–Crippen MR) is 161 cm³/mol. The third-order valence-electron chi connectivity index (χ3n) is 8.68. The van der Waals surface area contributed by atoms with Crippen molar-refractivity contribution in [2.24, 2.45) is 13.0 Å². The summed E-state index contributed by atoms with van der Waals surface area (Å²) in [5, 5.41) is 22.6. The Morgan fingerprint density at radius 2 is 1.93 bits per heavy atom. The van der Waals surface area contributed by atoms with Gasteiger partial charge in [-0.1, -0.05) is 43.2 Å². The van der Waals surface area contributed by atoms with E-state index in [-0.39, 0.29) is 34.8 Å². The first-order valence-corrected chi connectivity index (χ1v) is 16.4. The van der Waals surface area contributed by atoms with Gasteiger partial charge in [-0.2, -0.15) is 22.6 Å². The highest BCUT2D eigenvalue weighted by molar-refractivity contribution is 8.22. The summed E-state index contributed by atoms with van der Waals surface area (Å²) in [4.78, 5) is 12.1. The fourth-order valence-corrected chi connectivity index (χ4v) is 8.15. The summed E-state index contributed by atoms with van der Waals surface area (Å²) in [6.07, 6.45) is 2.31. The van der Waals surface area contributed by atoms with E-state index >= 15 is 0 Å². The molecular weight excluding hydrogens is 609 g/mol. The highest BCUT2D eigenvalue weighted by atomic mass is 32.3. The van der Waals surface area contributed by atoms with Gasteiger partial charge in [-0.25, -0.2) is 9.48 Å². The molecule has 2 aliphatic rings. The van der Waals surface area contributed by atoms with Crippen LogP contribution in [0.2, 0.25) is 0 Å². The Morgan fingerprint density at radius 1 is 1.13 bits per heavy atom. The van der Waals surface area contributed by atoms with E-state index in [1.165, 1.54) is 16.6 Å². The molecule has 1 aliphatic carbocycles. The number of unbranched alkanes of at least 4 members (excludes halogenated alkanes) is 1. The number of aryl methyl sites for hydroxylation is 1. The van der Waals surface area contributed by atoms with Crippen LogP contribution in [0.25, 0.3) is 5.69 Å². The molecular formula is C31H35F3N6O4S. The predicted octanol–water partition coefficient (Wildman–Crippen LogP) is 6.88. The van der Waals surface area contributed by atoms with Crippen LogP contribution < -0.4 is 0 Å². The molecule has 45 heavy (non-hydrogen) atoms. The zero-order chi connectivity index (χ0) is 32.1. The first-order valence-electron chi connectivity index (χ1n) is 14.9. The van der Waals surface area contributed by atoms with Crippen molar-refractivity contribution in [1.29, 1.82) is 0 Å². The van der Waals surface area contributed by atoms with E-state index in [0.29, 0.717) is 41.9 Å². The van der Waals surface area contributed by atoms with Crippen LogP contribution in [-0.4, -0.2) is 55.8 Å². The van der Waals surface area contributed by atoms with Crippen LogP contribution in [0.1, 0.15) is 82.9 Å². The summed E-state index contributed by atoms with van der Waals surface area (Å²) in [5.74, 6) is -1.20. The summed E-state index contributed by atoms with van der Waals surface area (Å²) >= 11 is 0.